The lowest BCUT2D eigenvalue weighted by Crippen LogP contribution is -2.48. The summed E-state index contributed by atoms with van der Waals surface area (Å²) < 4.78 is 0.827. The van der Waals surface area contributed by atoms with Crippen LogP contribution in [0.1, 0.15) is 26.3 Å². The molecule has 6 nitrogen and oxygen atoms in total. The van der Waals surface area contributed by atoms with Crippen molar-refractivity contribution in [1.29, 1.82) is 0 Å². The van der Waals surface area contributed by atoms with Gasteiger partial charge in [-0.15, -0.1) is 0 Å². The quantitative estimate of drug-likeness (QED) is 0.433. The predicted octanol–water partition coefficient (Wildman–Crippen LogP) is 4.80. The molecule has 32 heavy (non-hydrogen) atoms. The number of hydrogen-bond donors (Lipinski definition) is 1. The third kappa shape index (κ3) is 3.66. The second-order valence-electron chi connectivity index (χ2n) is 7.35. The highest BCUT2D eigenvalue weighted by atomic mass is 35.5. The van der Waals surface area contributed by atoms with E-state index in [0.717, 1.165) is 15.2 Å². The van der Waals surface area contributed by atoms with E-state index in [-0.39, 0.29) is 6.42 Å². The summed E-state index contributed by atoms with van der Waals surface area (Å²) >= 11 is 7.33. The van der Waals surface area contributed by atoms with Gasteiger partial charge in [0.25, 0.3) is 11.8 Å². The molecule has 8 heteroatoms. The number of carbonyl (C=O) groups excluding carboxylic acids is 3. The second-order valence-corrected chi connectivity index (χ2v) is 8.82. The van der Waals surface area contributed by atoms with Crippen LogP contribution in [-0.2, 0) is 11.2 Å². The van der Waals surface area contributed by atoms with E-state index in [1.807, 2.05) is 30.3 Å². The monoisotopic (exact) mass is 461 g/mol. The molecule has 5 rings (SSSR count). The molecule has 0 radical (unpaired) electrons. The third-order valence-corrected chi connectivity index (χ3v) is 6.46. The second kappa shape index (κ2) is 8.18. The maximum atomic E-state index is 13.4. The van der Waals surface area contributed by atoms with E-state index < -0.39 is 23.8 Å². The molecule has 2 heterocycles. The van der Waals surface area contributed by atoms with E-state index in [2.05, 4.69) is 10.3 Å². The molecule has 3 amide bonds. The van der Waals surface area contributed by atoms with Gasteiger partial charge in [-0.1, -0.05) is 65.4 Å². The summed E-state index contributed by atoms with van der Waals surface area (Å²) in [5, 5.41) is 3.75. The van der Waals surface area contributed by atoms with Crippen molar-refractivity contribution in [2.75, 3.05) is 5.32 Å². The molecule has 1 unspecified atom stereocenters. The zero-order valence-corrected chi connectivity index (χ0v) is 18.2. The summed E-state index contributed by atoms with van der Waals surface area (Å²) in [6.07, 6.45) is 0.189. The van der Waals surface area contributed by atoms with E-state index in [1.165, 1.54) is 11.3 Å². The van der Waals surface area contributed by atoms with Crippen LogP contribution in [-0.4, -0.2) is 33.6 Å². The predicted molar refractivity (Wildman–Crippen MR) is 124 cm³/mol. The lowest BCUT2D eigenvalue weighted by atomic mass is 10.0. The van der Waals surface area contributed by atoms with E-state index >= 15 is 0 Å². The first-order valence-corrected chi connectivity index (χ1v) is 11.1. The molecular formula is C24H16ClN3O3S. The summed E-state index contributed by atoms with van der Waals surface area (Å²) in [6, 6.07) is 20.1. The lowest BCUT2D eigenvalue weighted by Gasteiger charge is -2.25. The summed E-state index contributed by atoms with van der Waals surface area (Å²) in [4.78, 5) is 45.0. The number of nitrogens with zero attached hydrogens (tertiary/aromatic N) is 2. The molecule has 1 atom stereocenters. The molecule has 0 saturated carbocycles. The molecule has 1 aliphatic heterocycles. The van der Waals surface area contributed by atoms with Crippen LogP contribution in [0.5, 0.6) is 0 Å². The number of thiazole rings is 1. The Morgan fingerprint density at radius 3 is 2.31 bits per heavy atom. The van der Waals surface area contributed by atoms with Crippen molar-refractivity contribution in [2.45, 2.75) is 12.5 Å². The van der Waals surface area contributed by atoms with Crippen LogP contribution < -0.4 is 5.32 Å². The Bertz CT molecular complexity index is 1330. The smallest absolute Gasteiger partial charge is 0.262 e. The van der Waals surface area contributed by atoms with Crippen LogP contribution >= 0.6 is 22.9 Å². The molecular weight excluding hydrogens is 446 g/mol. The zero-order valence-electron chi connectivity index (χ0n) is 16.6. The number of rotatable bonds is 5. The highest BCUT2D eigenvalue weighted by Crippen LogP contribution is 2.30. The van der Waals surface area contributed by atoms with Gasteiger partial charge >= 0.3 is 0 Å². The first-order chi connectivity index (χ1) is 15.5. The van der Waals surface area contributed by atoms with Crippen LogP contribution in [0.2, 0.25) is 5.02 Å². The van der Waals surface area contributed by atoms with Crippen LogP contribution in [0.15, 0.2) is 72.8 Å². The van der Waals surface area contributed by atoms with Crippen molar-refractivity contribution in [3.8, 4) is 0 Å². The molecule has 3 aromatic carbocycles. The Morgan fingerprint density at radius 2 is 1.62 bits per heavy atom. The summed E-state index contributed by atoms with van der Waals surface area (Å²) in [5.74, 6) is -1.43. The van der Waals surface area contributed by atoms with Gasteiger partial charge in [0, 0.05) is 11.4 Å². The van der Waals surface area contributed by atoms with Crippen molar-refractivity contribution in [2.24, 2.45) is 0 Å². The number of amides is 3. The SMILES string of the molecule is O=C(Nc1nc2ccc(Cl)cc2s1)C(Cc1ccccc1)N1C(=O)c2ccccc2C1=O. The van der Waals surface area contributed by atoms with Crippen LogP contribution in [0.4, 0.5) is 5.13 Å². The molecule has 0 spiro atoms. The number of aromatic nitrogens is 1. The molecule has 4 aromatic rings. The number of fused-ring (bicyclic) bond motifs is 2. The van der Waals surface area contributed by atoms with Gasteiger partial charge in [0.15, 0.2) is 5.13 Å². The first-order valence-electron chi connectivity index (χ1n) is 9.89. The van der Waals surface area contributed by atoms with E-state index in [1.54, 1.807) is 42.5 Å². The Balaban J connectivity index is 1.49. The van der Waals surface area contributed by atoms with Crippen molar-refractivity contribution in [3.05, 3.63) is 94.5 Å². The van der Waals surface area contributed by atoms with Gasteiger partial charge in [-0.3, -0.25) is 19.3 Å². The van der Waals surface area contributed by atoms with Crippen LogP contribution in [0.3, 0.4) is 0 Å². The number of carbonyl (C=O) groups is 3. The van der Waals surface area contributed by atoms with Crippen LogP contribution in [0.25, 0.3) is 10.2 Å². The zero-order chi connectivity index (χ0) is 22.2. The molecule has 158 valence electrons. The van der Waals surface area contributed by atoms with Gasteiger partial charge in [0.1, 0.15) is 6.04 Å². The minimum absolute atomic E-state index is 0.189. The minimum atomic E-state index is -1.03. The van der Waals surface area contributed by atoms with Crippen molar-refractivity contribution in [3.63, 3.8) is 0 Å². The first kappa shape index (κ1) is 20.4. The van der Waals surface area contributed by atoms with Gasteiger partial charge in [-0.2, -0.15) is 0 Å². The number of benzene rings is 3. The number of nitrogens with one attached hydrogen (secondary N) is 1. The molecule has 0 fully saturated rings. The molecule has 0 saturated heterocycles. The minimum Gasteiger partial charge on any atom is -0.300 e. The summed E-state index contributed by atoms with van der Waals surface area (Å²) in [5.41, 5.74) is 2.14. The van der Waals surface area contributed by atoms with E-state index in [0.29, 0.717) is 26.8 Å². The highest BCUT2D eigenvalue weighted by Gasteiger charge is 2.42. The Kier molecular flexibility index (Phi) is 5.20. The molecule has 1 aliphatic rings. The lowest BCUT2D eigenvalue weighted by molar-refractivity contribution is -0.119. The molecule has 1 aromatic heterocycles. The Morgan fingerprint density at radius 1 is 0.969 bits per heavy atom. The standard InChI is InChI=1S/C24H16ClN3O3S/c25-15-10-11-18-20(13-15)32-24(26-18)27-21(29)19(12-14-6-2-1-3-7-14)28-22(30)16-8-4-5-9-17(16)23(28)31/h1-11,13,19H,12H2,(H,26,27,29). The number of hydrogen-bond acceptors (Lipinski definition) is 5. The largest absolute Gasteiger partial charge is 0.300 e. The maximum absolute atomic E-state index is 13.4. The summed E-state index contributed by atoms with van der Waals surface area (Å²) in [6.45, 7) is 0. The normalized spacial score (nSPS) is 14.0. The van der Waals surface area contributed by atoms with Crippen molar-refractivity contribution >= 4 is 56.0 Å². The molecule has 1 N–H and O–H groups in total. The van der Waals surface area contributed by atoms with E-state index in [9.17, 15) is 14.4 Å². The average Bonchev–Trinajstić information content (AvgIpc) is 3.30. The van der Waals surface area contributed by atoms with E-state index in [4.69, 9.17) is 11.6 Å². The average molecular weight is 462 g/mol. The topological polar surface area (TPSA) is 79.4 Å². The van der Waals surface area contributed by atoms with Crippen molar-refractivity contribution < 1.29 is 14.4 Å². The highest BCUT2D eigenvalue weighted by molar-refractivity contribution is 7.22. The van der Waals surface area contributed by atoms with Crippen LogP contribution in [0, 0.1) is 0 Å². The van der Waals surface area contributed by atoms with Gasteiger partial charge in [-0.05, 0) is 35.9 Å². The van der Waals surface area contributed by atoms with Gasteiger partial charge in [0.05, 0.1) is 21.3 Å². The Labute approximate surface area is 192 Å². The Hall–Kier alpha value is -3.55. The summed E-state index contributed by atoms with van der Waals surface area (Å²) in [7, 11) is 0. The van der Waals surface area contributed by atoms with Gasteiger partial charge in [0.2, 0.25) is 5.91 Å². The fourth-order valence-electron chi connectivity index (χ4n) is 3.77. The number of anilines is 1. The third-order valence-electron chi connectivity index (χ3n) is 5.29. The van der Waals surface area contributed by atoms with Gasteiger partial charge in [-0.25, -0.2) is 4.98 Å². The molecule has 0 aliphatic carbocycles. The fourth-order valence-corrected chi connectivity index (χ4v) is 4.92. The number of halogens is 1. The maximum Gasteiger partial charge on any atom is 0.262 e. The van der Waals surface area contributed by atoms with Gasteiger partial charge < -0.3 is 5.32 Å². The number of imide groups is 1. The fraction of sp³-hybridized carbons (Fsp3) is 0.0833. The molecule has 0 bridgehead atoms. The van der Waals surface area contributed by atoms with Crippen molar-refractivity contribution in [1.82, 2.24) is 9.88 Å².